The number of allylic oxidation sites excluding steroid dienone is 2. The van der Waals surface area contributed by atoms with Crippen LogP contribution < -0.4 is 5.43 Å². The maximum atomic E-state index is 11.2. The van der Waals surface area contributed by atoms with E-state index >= 15 is 0 Å². The third-order valence-electron chi connectivity index (χ3n) is 5.31. The molecule has 1 aliphatic carbocycles. The van der Waals surface area contributed by atoms with Crippen LogP contribution in [-0.4, -0.2) is 50.4 Å². The van der Waals surface area contributed by atoms with Crippen molar-refractivity contribution in [2.75, 3.05) is 31.7 Å². The van der Waals surface area contributed by atoms with E-state index in [1.165, 1.54) is 29.0 Å². The lowest BCUT2D eigenvalue weighted by atomic mass is 10.1. The van der Waals surface area contributed by atoms with Crippen molar-refractivity contribution in [3.8, 4) is 0 Å². The van der Waals surface area contributed by atoms with Crippen molar-refractivity contribution in [2.24, 2.45) is 5.10 Å². The van der Waals surface area contributed by atoms with E-state index in [2.05, 4.69) is 33.6 Å². The minimum Gasteiger partial charge on any atom is -0.378 e. The summed E-state index contributed by atoms with van der Waals surface area (Å²) in [6.45, 7) is 3.13. The fraction of sp³-hybridized carbons (Fsp3) is 0.261. The molecule has 162 valence electrons. The molecule has 2 aromatic carbocycles. The number of benzene rings is 2. The summed E-state index contributed by atoms with van der Waals surface area (Å²) < 4.78 is 36.9. The first kappa shape index (κ1) is 21.3. The van der Waals surface area contributed by atoms with Crippen molar-refractivity contribution >= 4 is 28.1 Å². The van der Waals surface area contributed by atoms with E-state index in [9.17, 15) is 8.42 Å². The summed E-state index contributed by atoms with van der Waals surface area (Å²) in [6.07, 6.45) is 5.94. The Balaban J connectivity index is 1.56. The van der Waals surface area contributed by atoms with Crippen LogP contribution in [0.3, 0.4) is 0 Å². The summed E-state index contributed by atoms with van der Waals surface area (Å²) >= 11 is 0. The molecule has 0 radical (unpaired) electrons. The Bertz CT molecular complexity index is 1100. The van der Waals surface area contributed by atoms with Crippen LogP contribution in [0.4, 0.5) is 5.69 Å². The lowest BCUT2D eigenvalue weighted by Crippen LogP contribution is -2.36. The maximum Gasteiger partial charge on any atom is 0.294 e. The van der Waals surface area contributed by atoms with E-state index in [4.69, 9.17) is 9.29 Å². The number of rotatable bonds is 6. The number of nitrogens with zero attached hydrogens (tertiary/aromatic N) is 2. The van der Waals surface area contributed by atoms with Gasteiger partial charge in [-0.2, -0.15) is 13.5 Å². The van der Waals surface area contributed by atoms with E-state index in [0.29, 0.717) is 18.9 Å². The Hall–Kier alpha value is -2.94. The van der Waals surface area contributed by atoms with Crippen LogP contribution in [0.15, 0.2) is 81.4 Å². The zero-order valence-electron chi connectivity index (χ0n) is 17.1. The molecule has 1 fully saturated rings. The summed E-state index contributed by atoms with van der Waals surface area (Å²) in [5, 5.41) is 4.37. The average molecular weight is 440 g/mol. The molecule has 31 heavy (non-hydrogen) atoms. The fourth-order valence-corrected chi connectivity index (χ4v) is 4.29. The van der Waals surface area contributed by atoms with Crippen LogP contribution >= 0.6 is 0 Å². The molecule has 2 N–H and O–H groups in total. The second kappa shape index (κ2) is 9.47. The Labute approximate surface area is 182 Å². The highest BCUT2D eigenvalue weighted by molar-refractivity contribution is 7.85. The number of nitrogens with one attached hydrogen (secondary N) is 1. The van der Waals surface area contributed by atoms with Gasteiger partial charge >= 0.3 is 0 Å². The molecule has 0 aromatic heterocycles. The smallest absolute Gasteiger partial charge is 0.294 e. The number of hydrazone groups is 1. The lowest BCUT2D eigenvalue weighted by molar-refractivity contribution is 0.0548. The van der Waals surface area contributed by atoms with Crippen molar-refractivity contribution in [3.63, 3.8) is 0 Å². The van der Waals surface area contributed by atoms with Gasteiger partial charge in [0.05, 0.1) is 30.0 Å². The first-order chi connectivity index (χ1) is 15.0. The van der Waals surface area contributed by atoms with Gasteiger partial charge in [-0.1, -0.05) is 30.3 Å². The van der Waals surface area contributed by atoms with Crippen molar-refractivity contribution in [3.05, 3.63) is 77.0 Å². The molecule has 1 saturated heterocycles. The topological polar surface area (TPSA) is 91.2 Å². The van der Waals surface area contributed by atoms with Crippen LogP contribution in [-0.2, 0) is 14.9 Å². The van der Waals surface area contributed by atoms with Crippen LogP contribution in [0.2, 0.25) is 0 Å². The minimum atomic E-state index is -4.20. The Morgan fingerprint density at radius 1 is 1.00 bits per heavy atom. The average Bonchev–Trinajstić information content (AvgIpc) is 3.17. The Kier molecular flexibility index (Phi) is 6.50. The molecule has 1 aliphatic heterocycles. The predicted molar refractivity (Wildman–Crippen MR) is 121 cm³/mol. The van der Waals surface area contributed by atoms with Crippen LogP contribution in [0, 0.1) is 0 Å². The van der Waals surface area contributed by atoms with Gasteiger partial charge in [0.2, 0.25) is 0 Å². The van der Waals surface area contributed by atoms with Gasteiger partial charge in [-0.05, 0) is 59.9 Å². The normalized spacial score (nSPS) is 18.9. The maximum absolute atomic E-state index is 11.2. The van der Waals surface area contributed by atoms with Gasteiger partial charge in [-0.15, -0.1) is 0 Å². The molecule has 2 aliphatic rings. The van der Waals surface area contributed by atoms with E-state index in [0.717, 1.165) is 31.5 Å². The Morgan fingerprint density at radius 2 is 1.71 bits per heavy atom. The predicted octanol–water partition coefficient (Wildman–Crippen LogP) is 3.79. The van der Waals surface area contributed by atoms with Crippen molar-refractivity contribution in [1.82, 2.24) is 4.90 Å². The van der Waals surface area contributed by atoms with Gasteiger partial charge < -0.3 is 9.64 Å². The molecular formula is C23H25N3O4S. The van der Waals surface area contributed by atoms with E-state index in [1.54, 1.807) is 12.1 Å². The molecule has 0 amide bonds. The van der Waals surface area contributed by atoms with Crippen LogP contribution in [0.1, 0.15) is 18.4 Å². The second-order valence-electron chi connectivity index (χ2n) is 7.42. The van der Waals surface area contributed by atoms with Crippen LogP contribution in [0.25, 0.3) is 6.08 Å². The molecule has 0 atom stereocenters. The zero-order valence-corrected chi connectivity index (χ0v) is 17.9. The number of hydrogen-bond donors (Lipinski definition) is 2. The molecule has 1 heterocycles. The first-order valence-electron chi connectivity index (χ1n) is 10.2. The molecule has 2 aromatic rings. The molecule has 0 saturated carbocycles. The SMILES string of the molecule is O=S(=O)(O)c1ccc(NN=CC2=C(N3CCOCC3)C(=Cc3ccccc3)CC2)cc1. The van der Waals surface area contributed by atoms with Crippen molar-refractivity contribution < 1.29 is 17.7 Å². The summed E-state index contributed by atoms with van der Waals surface area (Å²) in [6, 6.07) is 16.1. The van der Waals surface area contributed by atoms with Gasteiger partial charge in [0.15, 0.2) is 0 Å². The summed E-state index contributed by atoms with van der Waals surface area (Å²) in [4.78, 5) is 2.22. The second-order valence-corrected chi connectivity index (χ2v) is 8.84. The van der Waals surface area contributed by atoms with E-state index in [-0.39, 0.29) is 4.90 Å². The molecular weight excluding hydrogens is 414 g/mol. The lowest BCUT2D eigenvalue weighted by Gasteiger charge is -2.31. The molecule has 8 heteroatoms. The van der Waals surface area contributed by atoms with Gasteiger partial charge in [0, 0.05) is 18.8 Å². The van der Waals surface area contributed by atoms with Crippen LogP contribution in [0.5, 0.6) is 0 Å². The van der Waals surface area contributed by atoms with Crippen molar-refractivity contribution in [2.45, 2.75) is 17.7 Å². The number of hydrogen-bond acceptors (Lipinski definition) is 6. The van der Waals surface area contributed by atoms with Gasteiger partial charge in [-0.3, -0.25) is 9.98 Å². The first-order valence-corrected chi connectivity index (χ1v) is 11.6. The third-order valence-corrected chi connectivity index (χ3v) is 6.17. The molecule has 7 nitrogen and oxygen atoms in total. The van der Waals surface area contributed by atoms with Gasteiger partial charge in [0.1, 0.15) is 0 Å². The van der Waals surface area contributed by atoms with Crippen molar-refractivity contribution in [1.29, 1.82) is 0 Å². The highest BCUT2D eigenvalue weighted by Crippen LogP contribution is 2.35. The summed E-state index contributed by atoms with van der Waals surface area (Å²) in [5.74, 6) is 0. The standard InChI is InChI=1S/C23H25N3O4S/c27-31(28,29)22-10-8-21(9-11-22)25-24-17-20-7-6-19(16-18-4-2-1-3-5-18)23(20)26-12-14-30-15-13-26/h1-5,8-11,16-17,25H,6-7,12-15H2,(H,27,28,29). The molecule has 4 rings (SSSR count). The highest BCUT2D eigenvalue weighted by atomic mass is 32.2. The molecule has 0 spiro atoms. The third kappa shape index (κ3) is 5.41. The van der Waals surface area contributed by atoms with Gasteiger partial charge in [-0.25, -0.2) is 0 Å². The Morgan fingerprint density at radius 3 is 2.39 bits per heavy atom. The van der Waals surface area contributed by atoms with E-state index in [1.807, 2.05) is 24.4 Å². The highest BCUT2D eigenvalue weighted by Gasteiger charge is 2.25. The van der Waals surface area contributed by atoms with E-state index < -0.39 is 10.1 Å². The minimum absolute atomic E-state index is 0.147. The number of ether oxygens (including phenoxy) is 1. The quantitative estimate of drug-likeness (QED) is 0.404. The summed E-state index contributed by atoms with van der Waals surface area (Å²) in [5.41, 5.74) is 8.43. The number of anilines is 1. The largest absolute Gasteiger partial charge is 0.378 e. The summed E-state index contributed by atoms with van der Waals surface area (Å²) in [7, 11) is -4.20. The number of morpholine rings is 1. The van der Waals surface area contributed by atoms with Gasteiger partial charge in [0.25, 0.3) is 10.1 Å². The molecule has 0 bridgehead atoms. The zero-order chi connectivity index (χ0) is 21.7. The molecule has 0 unspecified atom stereocenters. The monoisotopic (exact) mass is 439 g/mol. The fourth-order valence-electron chi connectivity index (χ4n) is 3.81.